The molecule has 0 saturated carbocycles. The summed E-state index contributed by atoms with van der Waals surface area (Å²) in [6, 6.07) is 0. The molecule has 1 saturated heterocycles. The van der Waals surface area contributed by atoms with Crippen molar-refractivity contribution < 1.29 is 4.74 Å². The molecule has 18 heavy (non-hydrogen) atoms. The van der Waals surface area contributed by atoms with Gasteiger partial charge in [-0.15, -0.1) is 0 Å². The molecule has 1 heterocycles. The van der Waals surface area contributed by atoms with Gasteiger partial charge in [0.15, 0.2) is 5.96 Å². The molecule has 0 aromatic carbocycles. The third-order valence-corrected chi connectivity index (χ3v) is 3.42. The Morgan fingerprint density at radius 3 is 2.89 bits per heavy atom. The van der Waals surface area contributed by atoms with Crippen LogP contribution in [0, 0.1) is 5.92 Å². The number of likely N-dealkylation sites (tertiary alicyclic amines) is 1. The van der Waals surface area contributed by atoms with Crippen LogP contribution in [0.4, 0.5) is 0 Å². The van der Waals surface area contributed by atoms with Crippen LogP contribution in [0.25, 0.3) is 0 Å². The molecule has 0 bridgehead atoms. The van der Waals surface area contributed by atoms with Crippen LogP contribution in [0.1, 0.15) is 19.8 Å². The molecular formula is C13H28N4O. The van der Waals surface area contributed by atoms with Crippen molar-refractivity contribution in [1.29, 1.82) is 0 Å². The third kappa shape index (κ3) is 5.69. The quantitative estimate of drug-likeness (QED) is 0.396. The zero-order valence-electron chi connectivity index (χ0n) is 12.0. The maximum atomic E-state index is 5.02. The van der Waals surface area contributed by atoms with Gasteiger partial charge in [-0.05, 0) is 31.8 Å². The Labute approximate surface area is 111 Å². The molecule has 1 rings (SSSR count). The molecule has 106 valence electrons. The van der Waals surface area contributed by atoms with Crippen molar-refractivity contribution in [2.24, 2.45) is 10.9 Å². The largest absolute Gasteiger partial charge is 0.385 e. The standard InChI is InChI=1S/C13H28N4O/c1-4-17-8-6-12(11-17)10-16-13(14-2)15-7-5-9-18-3/h12H,4-11H2,1-3H3,(H2,14,15,16). The Balaban J connectivity index is 2.12. The van der Waals surface area contributed by atoms with E-state index in [9.17, 15) is 0 Å². The first kappa shape index (κ1) is 15.2. The van der Waals surface area contributed by atoms with Gasteiger partial charge in [-0.2, -0.15) is 0 Å². The fraction of sp³-hybridized carbons (Fsp3) is 0.923. The van der Waals surface area contributed by atoms with Gasteiger partial charge in [0.2, 0.25) is 0 Å². The minimum atomic E-state index is 0.752. The van der Waals surface area contributed by atoms with E-state index >= 15 is 0 Å². The summed E-state index contributed by atoms with van der Waals surface area (Å²) in [6.45, 7) is 8.55. The van der Waals surface area contributed by atoms with Gasteiger partial charge in [-0.25, -0.2) is 0 Å². The predicted octanol–water partition coefficient (Wildman–Crippen LogP) is 0.530. The molecular weight excluding hydrogens is 228 g/mol. The van der Waals surface area contributed by atoms with Crippen LogP contribution < -0.4 is 10.6 Å². The molecule has 1 aliphatic heterocycles. The number of rotatable bonds is 7. The first-order valence-corrected chi connectivity index (χ1v) is 6.96. The topological polar surface area (TPSA) is 48.9 Å². The van der Waals surface area contributed by atoms with Gasteiger partial charge in [0.05, 0.1) is 0 Å². The number of guanidine groups is 1. The van der Waals surface area contributed by atoms with Gasteiger partial charge in [-0.1, -0.05) is 6.92 Å². The lowest BCUT2D eigenvalue weighted by atomic mass is 10.1. The van der Waals surface area contributed by atoms with E-state index in [2.05, 4.69) is 27.4 Å². The molecule has 1 unspecified atom stereocenters. The van der Waals surface area contributed by atoms with Gasteiger partial charge in [0.1, 0.15) is 0 Å². The number of hydrogen-bond donors (Lipinski definition) is 2. The van der Waals surface area contributed by atoms with E-state index in [1.54, 1.807) is 7.11 Å². The minimum absolute atomic E-state index is 0.752. The highest BCUT2D eigenvalue weighted by Crippen LogP contribution is 2.14. The highest BCUT2D eigenvalue weighted by Gasteiger charge is 2.20. The van der Waals surface area contributed by atoms with E-state index in [0.717, 1.165) is 38.0 Å². The van der Waals surface area contributed by atoms with Crippen molar-refractivity contribution in [2.75, 3.05) is 53.5 Å². The number of hydrogen-bond acceptors (Lipinski definition) is 3. The van der Waals surface area contributed by atoms with Crippen LogP contribution >= 0.6 is 0 Å². The molecule has 0 radical (unpaired) electrons. The predicted molar refractivity (Wildman–Crippen MR) is 76.1 cm³/mol. The average Bonchev–Trinajstić information content (AvgIpc) is 2.86. The lowest BCUT2D eigenvalue weighted by molar-refractivity contribution is 0.195. The summed E-state index contributed by atoms with van der Waals surface area (Å²) in [4.78, 5) is 6.73. The summed E-state index contributed by atoms with van der Waals surface area (Å²) >= 11 is 0. The van der Waals surface area contributed by atoms with Crippen molar-refractivity contribution in [3.8, 4) is 0 Å². The zero-order valence-corrected chi connectivity index (χ0v) is 12.0. The monoisotopic (exact) mass is 256 g/mol. The fourth-order valence-corrected chi connectivity index (χ4v) is 2.25. The lowest BCUT2D eigenvalue weighted by Gasteiger charge is -2.16. The van der Waals surface area contributed by atoms with Crippen molar-refractivity contribution in [3.63, 3.8) is 0 Å². The fourth-order valence-electron chi connectivity index (χ4n) is 2.25. The molecule has 0 aliphatic carbocycles. The molecule has 0 aromatic rings. The zero-order chi connectivity index (χ0) is 13.2. The number of ether oxygens (including phenoxy) is 1. The molecule has 5 heteroatoms. The van der Waals surface area contributed by atoms with Gasteiger partial charge in [0, 0.05) is 40.4 Å². The minimum Gasteiger partial charge on any atom is -0.385 e. The van der Waals surface area contributed by atoms with E-state index in [1.165, 1.54) is 26.1 Å². The van der Waals surface area contributed by atoms with Crippen molar-refractivity contribution in [2.45, 2.75) is 19.8 Å². The number of nitrogens with one attached hydrogen (secondary N) is 2. The average molecular weight is 256 g/mol. The summed E-state index contributed by atoms with van der Waals surface area (Å²) in [6.07, 6.45) is 2.30. The second kappa shape index (κ2) is 9.16. The first-order valence-electron chi connectivity index (χ1n) is 6.96. The smallest absolute Gasteiger partial charge is 0.190 e. The van der Waals surface area contributed by atoms with Crippen LogP contribution in [0.5, 0.6) is 0 Å². The van der Waals surface area contributed by atoms with Crippen LogP contribution in [0.3, 0.4) is 0 Å². The molecule has 0 aromatic heterocycles. The molecule has 2 N–H and O–H groups in total. The van der Waals surface area contributed by atoms with E-state index in [4.69, 9.17) is 4.74 Å². The van der Waals surface area contributed by atoms with Gasteiger partial charge >= 0.3 is 0 Å². The van der Waals surface area contributed by atoms with Crippen LogP contribution in [0.15, 0.2) is 4.99 Å². The number of nitrogens with zero attached hydrogens (tertiary/aromatic N) is 2. The lowest BCUT2D eigenvalue weighted by Crippen LogP contribution is -2.40. The number of methoxy groups -OCH3 is 1. The highest BCUT2D eigenvalue weighted by molar-refractivity contribution is 5.79. The normalized spacial score (nSPS) is 21.3. The summed E-state index contributed by atoms with van der Waals surface area (Å²) in [7, 11) is 3.55. The van der Waals surface area contributed by atoms with Crippen LogP contribution in [-0.2, 0) is 4.74 Å². The molecule has 0 amide bonds. The van der Waals surface area contributed by atoms with Crippen molar-refractivity contribution in [1.82, 2.24) is 15.5 Å². The van der Waals surface area contributed by atoms with Gasteiger partial charge < -0.3 is 20.3 Å². The first-order chi connectivity index (χ1) is 8.80. The Bertz CT molecular complexity index is 245. The second-order valence-corrected chi connectivity index (χ2v) is 4.77. The van der Waals surface area contributed by atoms with E-state index in [0.29, 0.717) is 0 Å². The molecule has 5 nitrogen and oxygen atoms in total. The molecule has 1 atom stereocenters. The molecule has 1 fully saturated rings. The number of aliphatic imine (C=N–C) groups is 1. The Kier molecular flexibility index (Phi) is 7.76. The Hall–Kier alpha value is -0.810. The van der Waals surface area contributed by atoms with Gasteiger partial charge in [0.25, 0.3) is 0 Å². The summed E-state index contributed by atoms with van der Waals surface area (Å²) in [5.41, 5.74) is 0. The summed E-state index contributed by atoms with van der Waals surface area (Å²) in [5.74, 6) is 1.66. The van der Waals surface area contributed by atoms with Crippen LogP contribution in [0.2, 0.25) is 0 Å². The summed E-state index contributed by atoms with van der Waals surface area (Å²) < 4.78 is 5.02. The maximum absolute atomic E-state index is 5.02. The Morgan fingerprint density at radius 1 is 1.44 bits per heavy atom. The molecule has 0 spiro atoms. The summed E-state index contributed by atoms with van der Waals surface area (Å²) in [5, 5.41) is 6.70. The van der Waals surface area contributed by atoms with E-state index < -0.39 is 0 Å². The van der Waals surface area contributed by atoms with Crippen molar-refractivity contribution >= 4 is 5.96 Å². The van der Waals surface area contributed by atoms with Crippen molar-refractivity contribution in [3.05, 3.63) is 0 Å². The SMILES string of the molecule is CCN1CCC(CNC(=NC)NCCCOC)C1. The Morgan fingerprint density at radius 2 is 2.28 bits per heavy atom. The van der Waals surface area contributed by atoms with Gasteiger partial charge in [-0.3, -0.25) is 4.99 Å². The maximum Gasteiger partial charge on any atom is 0.190 e. The second-order valence-electron chi connectivity index (χ2n) is 4.77. The molecule has 1 aliphatic rings. The third-order valence-electron chi connectivity index (χ3n) is 3.42. The van der Waals surface area contributed by atoms with Crippen LogP contribution in [-0.4, -0.2) is 64.3 Å². The van der Waals surface area contributed by atoms with E-state index in [-0.39, 0.29) is 0 Å². The van der Waals surface area contributed by atoms with E-state index in [1.807, 2.05) is 7.05 Å². The highest BCUT2D eigenvalue weighted by atomic mass is 16.5.